The number of carbonyl (C=O) groups excluding carboxylic acids is 2. The van der Waals surface area contributed by atoms with Gasteiger partial charge in [0.05, 0.1) is 12.8 Å². The van der Waals surface area contributed by atoms with Gasteiger partial charge in [0, 0.05) is 5.92 Å². The zero-order valence-electron chi connectivity index (χ0n) is 14.9. The van der Waals surface area contributed by atoms with Gasteiger partial charge in [-0.05, 0) is 37.2 Å². The van der Waals surface area contributed by atoms with Gasteiger partial charge in [0.2, 0.25) is 11.8 Å². The van der Waals surface area contributed by atoms with Crippen molar-refractivity contribution >= 4 is 11.8 Å². The number of ether oxygens (including phenoxy) is 1. The average Bonchev–Trinajstić information content (AvgIpc) is 3.58. The van der Waals surface area contributed by atoms with Crippen LogP contribution in [0.2, 0.25) is 0 Å². The lowest BCUT2D eigenvalue weighted by molar-refractivity contribution is -0.120. The number of benzene rings is 1. The third-order valence-corrected chi connectivity index (χ3v) is 4.81. The van der Waals surface area contributed by atoms with Crippen molar-refractivity contribution in [3.8, 4) is 5.88 Å². The van der Waals surface area contributed by atoms with Crippen molar-refractivity contribution < 1.29 is 14.3 Å². The second-order valence-electron chi connectivity index (χ2n) is 7.19. The highest BCUT2D eigenvalue weighted by molar-refractivity contribution is 5.96. The highest BCUT2D eigenvalue weighted by Crippen LogP contribution is 2.42. The fourth-order valence-electron chi connectivity index (χ4n) is 2.88. The Morgan fingerprint density at radius 1 is 1.19 bits per heavy atom. The van der Waals surface area contributed by atoms with Gasteiger partial charge in [-0.25, -0.2) is 4.98 Å². The first kappa shape index (κ1) is 17.5. The Bertz CT molecular complexity index is 848. The number of nitrogens with two attached hydrogens (primary N) is 1. The molecule has 27 heavy (non-hydrogen) atoms. The molecule has 0 spiro atoms. The highest BCUT2D eigenvalue weighted by Gasteiger charge is 2.31. The third kappa shape index (κ3) is 4.24. The van der Waals surface area contributed by atoms with Crippen LogP contribution in [0.5, 0.6) is 5.88 Å². The van der Waals surface area contributed by atoms with Gasteiger partial charge < -0.3 is 15.8 Å². The Morgan fingerprint density at radius 2 is 1.93 bits per heavy atom. The standard InChI is InChI=1S/C20H22N4O3/c21-18(25)16(13-4-2-1-3-5-13)24-19(26)15-10-22-17(14-8-9-14)20(23-15)27-11-12-6-7-12/h1-5,10,12,14,16H,6-9,11H2,(H2,21,25)(H,24,26)/t16-/m0/s1. The van der Waals surface area contributed by atoms with Gasteiger partial charge in [-0.2, -0.15) is 0 Å². The van der Waals surface area contributed by atoms with Crippen molar-refractivity contribution in [2.24, 2.45) is 11.7 Å². The van der Waals surface area contributed by atoms with E-state index in [1.807, 2.05) is 6.07 Å². The summed E-state index contributed by atoms with van der Waals surface area (Å²) in [6.45, 7) is 0.605. The number of rotatable bonds is 8. The summed E-state index contributed by atoms with van der Waals surface area (Å²) in [7, 11) is 0. The van der Waals surface area contributed by atoms with E-state index in [0.29, 0.717) is 29.9 Å². The molecule has 3 N–H and O–H groups in total. The average molecular weight is 366 g/mol. The fraction of sp³-hybridized carbons (Fsp3) is 0.400. The molecule has 0 aliphatic heterocycles. The van der Waals surface area contributed by atoms with Crippen LogP contribution < -0.4 is 15.8 Å². The molecule has 0 unspecified atom stereocenters. The summed E-state index contributed by atoms with van der Waals surface area (Å²) in [6.07, 6.45) is 5.92. The molecule has 1 aromatic heterocycles. The molecule has 2 aromatic rings. The first-order valence-corrected chi connectivity index (χ1v) is 9.26. The molecule has 0 bridgehead atoms. The van der Waals surface area contributed by atoms with E-state index in [0.717, 1.165) is 18.5 Å². The summed E-state index contributed by atoms with van der Waals surface area (Å²) in [4.78, 5) is 33.3. The summed E-state index contributed by atoms with van der Waals surface area (Å²) < 4.78 is 5.85. The summed E-state index contributed by atoms with van der Waals surface area (Å²) in [5, 5.41) is 2.65. The summed E-state index contributed by atoms with van der Waals surface area (Å²) >= 11 is 0. The van der Waals surface area contributed by atoms with Crippen molar-refractivity contribution in [1.82, 2.24) is 15.3 Å². The predicted octanol–water partition coefficient (Wildman–Crippen LogP) is 2.10. The lowest BCUT2D eigenvalue weighted by Crippen LogP contribution is -2.38. The normalized spacial score (nSPS) is 17.2. The van der Waals surface area contributed by atoms with Gasteiger partial charge in [0.15, 0.2) is 5.69 Å². The van der Waals surface area contributed by atoms with E-state index in [-0.39, 0.29) is 5.69 Å². The van der Waals surface area contributed by atoms with Gasteiger partial charge in [0.25, 0.3) is 5.91 Å². The van der Waals surface area contributed by atoms with Crippen molar-refractivity contribution in [1.29, 1.82) is 0 Å². The number of amides is 2. The minimum atomic E-state index is -0.931. The molecule has 2 fully saturated rings. The summed E-state index contributed by atoms with van der Waals surface area (Å²) in [5.74, 6) is 0.239. The van der Waals surface area contributed by atoms with Gasteiger partial charge in [-0.1, -0.05) is 30.3 Å². The molecule has 2 aliphatic carbocycles. The lowest BCUT2D eigenvalue weighted by Gasteiger charge is -2.16. The van der Waals surface area contributed by atoms with Gasteiger partial charge in [-0.3, -0.25) is 14.6 Å². The number of hydrogen-bond donors (Lipinski definition) is 2. The number of aromatic nitrogens is 2. The molecule has 2 saturated carbocycles. The monoisotopic (exact) mass is 366 g/mol. The van der Waals surface area contributed by atoms with E-state index in [1.165, 1.54) is 19.0 Å². The van der Waals surface area contributed by atoms with E-state index in [9.17, 15) is 9.59 Å². The molecule has 7 nitrogen and oxygen atoms in total. The SMILES string of the molecule is NC(=O)[C@@H](NC(=O)c1cnc(C2CC2)c(OCC2CC2)n1)c1ccccc1. The highest BCUT2D eigenvalue weighted by atomic mass is 16.5. The Hall–Kier alpha value is -2.96. The molecule has 0 saturated heterocycles. The molecule has 1 atom stereocenters. The third-order valence-electron chi connectivity index (χ3n) is 4.81. The zero-order chi connectivity index (χ0) is 18.8. The van der Waals surface area contributed by atoms with Crippen molar-refractivity contribution in [2.45, 2.75) is 37.6 Å². The van der Waals surface area contributed by atoms with Crippen molar-refractivity contribution in [2.75, 3.05) is 6.61 Å². The van der Waals surface area contributed by atoms with Gasteiger partial charge >= 0.3 is 0 Å². The van der Waals surface area contributed by atoms with E-state index in [1.54, 1.807) is 24.3 Å². The number of nitrogens with one attached hydrogen (secondary N) is 1. The van der Waals surface area contributed by atoms with Crippen LogP contribution in [0.4, 0.5) is 0 Å². The molecule has 4 rings (SSSR count). The van der Waals surface area contributed by atoms with E-state index in [4.69, 9.17) is 10.5 Å². The van der Waals surface area contributed by atoms with Crippen LogP contribution in [0.25, 0.3) is 0 Å². The van der Waals surface area contributed by atoms with Crippen molar-refractivity contribution in [3.63, 3.8) is 0 Å². The molecule has 1 heterocycles. The Kier molecular flexibility index (Phi) is 4.75. The predicted molar refractivity (Wildman–Crippen MR) is 98.1 cm³/mol. The fourth-order valence-corrected chi connectivity index (χ4v) is 2.88. The van der Waals surface area contributed by atoms with Crippen LogP contribution in [0, 0.1) is 5.92 Å². The summed E-state index contributed by atoms with van der Waals surface area (Å²) in [5.41, 5.74) is 7.03. The first-order valence-electron chi connectivity index (χ1n) is 9.26. The molecule has 1 aromatic carbocycles. The maximum absolute atomic E-state index is 12.7. The van der Waals surface area contributed by atoms with Gasteiger partial charge in [0.1, 0.15) is 11.7 Å². The van der Waals surface area contributed by atoms with Crippen LogP contribution >= 0.6 is 0 Å². The summed E-state index contributed by atoms with van der Waals surface area (Å²) in [6, 6.07) is 7.94. The van der Waals surface area contributed by atoms with Crippen LogP contribution in [0.15, 0.2) is 36.5 Å². The van der Waals surface area contributed by atoms with E-state index >= 15 is 0 Å². The van der Waals surface area contributed by atoms with Crippen LogP contribution in [0.3, 0.4) is 0 Å². The Balaban J connectivity index is 1.53. The quantitative estimate of drug-likeness (QED) is 0.744. The number of hydrogen-bond acceptors (Lipinski definition) is 5. The zero-order valence-corrected chi connectivity index (χ0v) is 14.9. The first-order chi connectivity index (χ1) is 13.1. The van der Waals surface area contributed by atoms with Gasteiger partial charge in [-0.15, -0.1) is 0 Å². The molecule has 7 heteroatoms. The van der Waals surface area contributed by atoms with Crippen LogP contribution in [0.1, 0.15) is 59.4 Å². The largest absolute Gasteiger partial charge is 0.476 e. The van der Waals surface area contributed by atoms with Crippen LogP contribution in [-0.4, -0.2) is 28.4 Å². The number of primary amides is 1. The minimum absolute atomic E-state index is 0.118. The minimum Gasteiger partial charge on any atom is -0.476 e. The molecule has 140 valence electrons. The number of carbonyl (C=O) groups is 2. The maximum Gasteiger partial charge on any atom is 0.272 e. The lowest BCUT2D eigenvalue weighted by atomic mass is 10.1. The second-order valence-corrected chi connectivity index (χ2v) is 7.19. The van der Waals surface area contributed by atoms with E-state index < -0.39 is 17.9 Å². The van der Waals surface area contributed by atoms with Crippen molar-refractivity contribution in [3.05, 3.63) is 53.5 Å². The molecular weight excluding hydrogens is 344 g/mol. The smallest absolute Gasteiger partial charge is 0.272 e. The van der Waals surface area contributed by atoms with E-state index in [2.05, 4.69) is 15.3 Å². The Labute approximate surface area is 157 Å². The maximum atomic E-state index is 12.7. The molecular formula is C20H22N4O3. The molecule has 0 radical (unpaired) electrons. The topological polar surface area (TPSA) is 107 Å². The second kappa shape index (κ2) is 7.34. The van der Waals surface area contributed by atoms with Crippen LogP contribution in [-0.2, 0) is 4.79 Å². The number of nitrogens with zero attached hydrogens (tertiary/aromatic N) is 2. The Morgan fingerprint density at radius 3 is 2.56 bits per heavy atom. The molecule has 2 amide bonds. The molecule has 2 aliphatic rings.